The summed E-state index contributed by atoms with van der Waals surface area (Å²) in [5.74, 6) is 0.295. The molecule has 0 spiro atoms. The first kappa shape index (κ1) is 19.0. The maximum atomic E-state index is 12.5. The number of nitrogens with one attached hydrogen (secondary N) is 1. The van der Waals surface area contributed by atoms with E-state index >= 15 is 0 Å². The van der Waals surface area contributed by atoms with Gasteiger partial charge >= 0.3 is 0 Å². The van der Waals surface area contributed by atoms with Crippen molar-refractivity contribution in [3.8, 4) is 11.5 Å². The Morgan fingerprint density at radius 2 is 1.89 bits per heavy atom. The fourth-order valence-corrected chi connectivity index (χ4v) is 3.57. The molecule has 140 valence electrons. The third-order valence-electron chi connectivity index (χ3n) is 4.43. The summed E-state index contributed by atoms with van der Waals surface area (Å²) in [5, 5.41) is 3.49. The highest BCUT2D eigenvalue weighted by Gasteiger charge is 2.13. The number of oxazole rings is 1. The minimum atomic E-state index is -0.161. The summed E-state index contributed by atoms with van der Waals surface area (Å²) in [4.78, 5) is 17.0. The summed E-state index contributed by atoms with van der Waals surface area (Å²) in [6, 6.07) is 18.7. The van der Waals surface area contributed by atoms with Crippen LogP contribution in [-0.2, 0) is 6.42 Å². The summed E-state index contributed by atoms with van der Waals surface area (Å²) < 4.78 is 6.89. The highest BCUT2D eigenvalue weighted by atomic mass is 127. The van der Waals surface area contributed by atoms with Crippen LogP contribution in [0.15, 0.2) is 65.1 Å². The van der Waals surface area contributed by atoms with Gasteiger partial charge in [-0.15, -0.1) is 0 Å². The van der Waals surface area contributed by atoms with Crippen molar-refractivity contribution in [2.45, 2.75) is 13.3 Å². The zero-order chi connectivity index (χ0) is 19.7. The molecule has 4 rings (SSSR count). The van der Waals surface area contributed by atoms with E-state index in [0.29, 0.717) is 33.3 Å². The van der Waals surface area contributed by atoms with Crippen molar-refractivity contribution in [1.82, 2.24) is 4.98 Å². The predicted octanol–water partition coefficient (Wildman–Crippen LogP) is 6.57. The molecule has 1 aromatic heterocycles. The molecule has 4 aromatic rings. The number of carbonyl (C=O) groups is 1. The lowest BCUT2D eigenvalue weighted by Gasteiger charge is -2.05. The van der Waals surface area contributed by atoms with Crippen LogP contribution in [0.25, 0.3) is 22.6 Å². The summed E-state index contributed by atoms with van der Waals surface area (Å²) >= 11 is 8.51. The van der Waals surface area contributed by atoms with E-state index in [1.165, 1.54) is 5.56 Å². The number of fused-ring (bicyclic) bond motifs is 1. The molecule has 0 aliphatic carbocycles. The van der Waals surface area contributed by atoms with E-state index in [9.17, 15) is 4.79 Å². The SMILES string of the molecule is CCc1ccc(C(=O)Nc2ccc3oc(-c4cc(I)ccc4Cl)nc3c2)cc1. The van der Waals surface area contributed by atoms with Gasteiger partial charge in [0, 0.05) is 14.8 Å². The Bertz CT molecular complexity index is 1170. The van der Waals surface area contributed by atoms with Crippen molar-refractivity contribution >= 4 is 56.9 Å². The van der Waals surface area contributed by atoms with Crippen molar-refractivity contribution in [3.63, 3.8) is 0 Å². The molecule has 28 heavy (non-hydrogen) atoms. The van der Waals surface area contributed by atoms with Crippen LogP contribution >= 0.6 is 34.2 Å². The zero-order valence-electron chi connectivity index (χ0n) is 15.0. The molecular formula is C22H16ClIN2O2. The Kier molecular flexibility index (Phi) is 5.37. The average molecular weight is 503 g/mol. The molecular weight excluding hydrogens is 487 g/mol. The number of rotatable bonds is 4. The lowest BCUT2D eigenvalue weighted by Crippen LogP contribution is -2.11. The Labute approximate surface area is 181 Å². The highest BCUT2D eigenvalue weighted by Crippen LogP contribution is 2.32. The number of amides is 1. The molecule has 0 bridgehead atoms. The van der Waals surface area contributed by atoms with Gasteiger partial charge in [0.05, 0.1) is 10.6 Å². The average Bonchev–Trinajstić information content (AvgIpc) is 3.13. The van der Waals surface area contributed by atoms with Gasteiger partial charge in [-0.25, -0.2) is 4.98 Å². The van der Waals surface area contributed by atoms with Crippen LogP contribution in [0.1, 0.15) is 22.8 Å². The van der Waals surface area contributed by atoms with E-state index in [4.69, 9.17) is 16.0 Å². The van der Waals surface area contributed by atoms with Gasteiger partial charge in [0.1, 0.15) is 5.52 Å². The largest absolute Gasteiger partial charge is 0.436 e. The van der Waals surface area contributed by atoms with E-state index in [1.54, 1.807) is 18.2 Å². The topological polar surface area (TPSA) is 55.1 Å². The molecule has 1 heterocycles. The monoisotopic (exact) mass is 502 g/mol. The molecule has 1 N–H and O–H groups in total. The number of nitrogens with zero attached hydrogens (tertiary/aromatic N) is 1. The van der Waals surface area contributed by atoms with Gasteiger partial charge in [0.25, 0.3) is 5.91 Å². The number of hydrogen-bond donors (Lipinski definition) is 1. The van der Waals surface area contributed by atoms with E-state index in [1.807, 2.05) is 42.5 Å². The zero-order valence-corrected chi connectivity index (χ0v) is 17.9. The van der Waals surface area contributed by atoms with E-state index < -0.39 is 0 Å². The van der Waals surface area contributed by atoms with Gasteiger partial charge < -0.3 is 9.73 Å². The minimum absolute atomic E-state index is 0.161. The van der Waals surface area contributed by atoms with Crippen LogP contribution in [0.5, 0.6) is 0 Å². The Balaban J connectivity index is 1.61. The summed E-state index contributed by atoms with van der Waals surface area (Å²) in [7, 11) is 0. The van der Waals surface area contributed by atoms with Crippen molar-refractivity contribution in [2.75, 3.05) is 5.32 Å². The standard InChI is InChI=1S/C22H16ClIN2O2/c1-2-13-3-5-14(6-4-13)21(27)25-16-8-10-20-19(12-16)26-22(28-20)17-11-15(24)7-9-18(17)23/h3-12H,2H2,1H3,(H,25,27). The van der Waals surface area contributed by atoms with Gasteiger partial charge in [0.15, 0.2) is 5.58 Å². The molecule has 0 aliphatic rings. The van der Waals surface area contributed by atoms with Crippen molar-refractivity contribution < 1.29 is 9.21 Å². The number of carbonyl (C=O) groups excluding carboxylic acids is 1. The summed E-state index contributed by atoms with van der Waals surface area (Å²) in [6.07, 6.45) is 0.942. The maximum Gasteiger partial charge on any atom is 0.255 e. The molecule has 0 fully saturated rings. The minimum Gasteiger partial charge on any atom is -0.436 e. The van der Waals surface area contributed by atoms with Crippen LogP contribution in [0.2, 0.25) is 5.02 Å². The number of anilines is 1. The summed E-state index contributed by atoms with van der Waals surface area (Å²) in [5.41, 5.74) is 4.50. The van der Waals surface area contributed by atoms with Gasteiger partial charge in [-0.1, -0.05) is 30.7 Å². The molecule has 6 heteroatoms. The fraction of sp³-hybridized carbons (Fsp3) is 0.0909. The first-order chi connectivity index (χ1) is 13.5. The smallest absolute Gasteiger partial charge is 0.255 e. The molecule has 0 radical (unpaired) electrons. The van der Waals surface area contributed by atoms with Crippen LogP contribution < -0.4 is 5.32 Å². The molecule has 4 nitrogen and oxygen atoms in total. The second-order valence-electron chi connectivity index (χ2n) is 6.33. The Morgan fingerprint density at radius 1 is 1.11 bits per heavy atom. The fourth-order valence-electron chi connectivity index (χ4n) is 2.88. The predicted molar refractivity (Wildman–Crippen MR) is 121 cm³/mol. The normalized spacial score (nSPS) is 11.0. The second kappa shape index (κ2) is 7.93. The molecule has 0 unspecified atom stereocenters. The third kappa shape index (κ3) is 3.91. The number of hydrogen-bond acceptors (Lipinski definition) is 3. The van der Waals surface area contributed by atoms with E-state index in [-0.39, 0.29) is 5.91 Å². The molecule has 0 saturated carbocycles. The van der Waals surface area contributed by atoms with Gasteiger partial charge in [-0.05, 0) is 83.1 Å². The quantitative estimate of drug-likeness (QED) is 0.321. The second-order valence-corrected chi connectivity index (χ2v) is 7.98. The molecule has 0 aliphatic heterocycles. The van der Waals surface area contributed by atoms with E-state index in [2.05, 4.69) is 39.8 Å². The maximum absolute atomic E-state index is 12.5. The number of benzene rings is 3. The lowest BCUT2D eigenvalue weighted by molar-refractivity contribution is 0.102. The summed E-state index contributed by atoms with van der Waals surface area (Å²) in [6.45, 7) is 2.08. The van der Waals surface area contributed by atoms with Crippen LogP contribution in [0.4, 0.5) is 5.69 Å². The molecule has 3 aromatic carbocycles. The van der Waals surface area contributed by atoms with Crippen molar-refractivity contribution in [2.24, 2.45) is 0 Å². The number of aromatic nitrogens is 1. The Hall–Kier alpha value is -2.38. The number of aryl methyl sites for hydroxylation is 1. The lowest BCUT2D eigenvalue weighted by atomic mass is 10.1. The van der Waals surface area contributed by atoms with Crippen LogP contribution in [0, 0.1) is 3.57 Å². The highest BCUT2D eigenvalue weighted by molar-refractivity contribution is 14.1. The van der Waals surface area contributed by atoms with Crippen molar-refractivity contribution in [3.05, 3.63) is 80.4 Å². The first-order valence-corrected chi connectivity index (χ1v) is 10.3. The Morgan fingerprint density at radius 3 is 2.64 bits per heavy atom. The van der Waals surface area contributed by atoms with E-state index in [0.717, 1.165) is 15.6 Å². The van der Waals surface area contributed by atoms with Crippen molar-refractivity contribution in [1.29, 1.82) is 0 Å². The first-order valence-electron chi connectivity index (χ1n) is 8.80. The van der Waals surface area contributed by atoms with Gasteiger partial charge in [-0.3, -0.25) is 4.79 Å². The van der Waals surface area contributed by atoms with Crippen LogP contribution in [0.3, 0.4) is 0 Å². The van der Waals surface area contributed by atoms with Gasteiger partial charge in [0.2, 0.25) is 5.89 Å². The molecule has 0 saturated heterocycles. The van der Waals surface area contributed by atoms with Crippen LogP contribution in [-0.4, -0.2) is 10.9 Å². The van der Waals surface area contributed by atoms with Gasteiger partial charge in [-0.2, -0.15) is 0 Å². The third-order valence-corrected chi connectivity index (χ3v) is 5.43. The molecule has 1 amide bonds. The number of halogens is 2. The molecule has 0 atom stereocenters.